The second kappa shape index (κ2) is 5.65. The number of ether oxygens (including phenoxy) is 1. The molecule has 0 aromatic heterocycles. The fourth-order valence-corrected chi connectivity index (χ4v) is 1.71. The molecule has 0 heterocycles. The van der Waals surface area contributed by atoms with Crippen molar-refractivity contribution in [3.05, 3.63) is 65.0 Å². The van der Waals surface area contributed by atoms with Crippen LogP contribution in [-0.2, 0) is 13.2 Å². The van der Waals surface area contributed by atoms with Crippen LogP contribution in [0.1, 0.15) is 16.7 Å². The molecular formula is C15H15FO2. The summed E-state index contributed by atoms with van der Waals surface area (Å²) < 4.78 is 18.9. The van der Waals surface area contributed by atoms with E-state index < -0.39 is 5.82 Å². The van der Waals surface area contributed by atoms with Crippen molar-refractivity contribution < 1.29 is 14.2 Å². The second-order valence-electron chi connectivity index (χ2n) is 4.19. The van der Waals surface area contributed by atoms with Crippen molar-refractivity contribution in [1.82, 2.24) is 0 Å². The lowest BCUT2D eigenvalue weighted by atomic mass is 10.1. The van der Waals surface area contributed by atoms with Gasteiger partial charge in [-0.25, -0.2) is 4.39 Å². The van der Waals surface area contributed by atoms with Crippen LogP contribution in [0.3, 0.4) is 0 Å². The van der Waals surface area contributed by atoms with E-state index in [9.17, 15) is 4.39 Å². The van der Waals surface area contributed by atoms with Gasteiger partial charge in [0, 0.05) is 11.6 Å². The first-order valence-corrected chi connectivity index (χ1v) is 5.76. The molecule has 0 fully saturated rings. The quantitative estimate of drug-likeness (QED) is 0.897. The third-order valence-electron chi connectivity index (χ3n) is 2.68. The average molecular weight is 246 g/mol. The molecule has 0 saturated heterocycles. The van der Waals surface area contributed by atoms with E-state index in [1.807, 2.05) is 31.2 Å². The Morgan fingerprint density at radius 2 is 2.00 bits per heavy atom. The summed E-state index contributed by atoms with van der Waals surface area (Å²) in [5.41, 5.74) is 2.48. The number of benzene rings is 2. The maximum Gasteiger partial charge on any atom is 0.132 e. The molecule has 0 aliphatic rings. The van der Waals surface area contributed by atoms with Gasteiger partial charge >= 0.3 is 0 Å². The van der Waals surface area contributed by atoms with Gasteiger partial charge in [0.2, 0.25) is 0 Å². The molecular weight excluding hydrogens is 231 g/mol. The molecule has 18 heavy (non-hydrogen) atoms. The Kier molecular flexibility index (Phi) is 3.95. The van der Waals surface area contributed by atoms with E-state index in [-0.39, 0.29) is 12.2 Å². The zero-order valence-corrected chi connectivity index (χ0v) is 10.2. The van der Waals surface area contributed by atoms with Crippen LogP contribution in [0.15, 0.2) is 42.5 Å². The SMILES string of the molecule is Cc1cccc(COc2ccc(CO)c(F)c2)c1. The number of hydrogen-bond donors (Lipinski definition) is 1. The number of rotatable bonds is 4. The van der Waals surface area contributed by atoms with Gasteiger partial charge in [0.1, 0.15) is 18.2 Å². The molecule has 3 heteroatoms. The minimum atomic E-state index is -0.445. The first kappa shape index (κ1) is 12.6. The summed E-state index contributed by atoms with van der Waals surface area (Å²) >= 11 is 0. The Hall–Kier alpha value is -1.87. The minimum absolute atomic E-state index is 0.276. The molecule has 0 spiro atoms. The molecule has 0 aliphatic carbocycles. The molecule has 0 atom stereocenters. The fourth-order valence-electron chi connectivity index (χ4n) is 1.71. The first-order chi connectivity index (χ1) is 8.69. The second-order valence-corrected chi connectivity index (χ2v) is 4.19. The number of halogens is 1. The van der Waals surface area contributed by atoms with Gasteiger partial charge in [-0.1, -0.05) is 35.9 Å². The summed E-state index contributed by atoms with van der Waals surface area (Å²) in [6.07, 6.45) is 0. The van der Waals surface area contributed by atoms with Crippen LogP contribution < -0.4 is 4.74 Å². The largest absolute Gasteiger partial charge is 0.489 e. The zero-order valence-electron chi connectivity index (χ0n) is 10.2. The summed E-state index contributed by atoms with van der Waals surface area (Å²) in [6.45, 7) is 2.11. The summed E-state index contributed by atoms with van der Waals surface area (Å²) in [5.74, 6) is 0.0189. The van der Waals surface area contributed by atoms with Gasteiger partial charge in [0.05, 0.1) is 6.61 Å². The average Bonchev–Trinajstić information content (AvgIpc) is 2.37. The van der Waals surface area contributed by atoms with Crippen molar-refractivity contribution in [2.75, 3.05) is 0 Å². The van der Waals surface area contributed by atoms with Crippen LogP contribution in [0, 0.1) is 12.7 Å². The maximum absolute atomic E-state index is 13.4. The third-order valence-corrected chi connectivity index (χ3v) is 2.68. The topological polar surface area (TPSA) is 29.5 Å². The maximum atomic E-state index is 13.4. The molecule has 2 aromatic rings. The first-order valence-electron chi connectivity index (χ1n) is 5.76. The third kappa shape index (κ3) is 3.08. The monoisotopic (exact) mass is 246 g/mol. The highest BCUT2D eigenvalue weighted by molar-refractivity contribution is 5.29. The smallest absolute Gasteiger partial charge is 0.132 e. The van der Waals surface area contributed by atoms with Gasteiger partial charge in [-0.3, -0.25) is 0 Å². The number of aryl methyl sites for hydroxylation is 1. The Morgan fingerprint density at radius 1 is 1.17 bits per heavy atom. The van der Waals surface area contributed by atoms with E-state index in [0.717, 1.165) is 11.1 Å². The van der Waals surface area contributed by atoms with E-state index in [4.69, 9.17) is 9.84 Å². The molecule has 0 aliphatic heterocycles. The number of aliphatic hydroxyl groups excluding tert-OH is 1. The zero-order chi connectivity index (χ0) is 13.0. The summed E-state index contributed by atoms with van der Waals surface area (Å²) in [7, 11) is 0. The number of aliphatic hydroxyl groups is 1. The molecule has 0 bridgehead atoms. The summed E-state index contributed by atoms with van der Waals surface area (Å²) in [5, 5.41) is 8.87. The molecule has 0 saturated carbocycles. The Bertz CT molecular complexity index is 538. The van der Waals surface area contributed by atoms with E-state index in [1.54, 1.807) is 6.07 Å². The van der Waals surface area contributed by atoms with Gasteiger partial charge < -0.3 is 9.84 Å². The van der Waals surface area contributed by atoms with Gasteiger partial charge in [-0.15, -0.1) is 0 Å². The predicted molar refractivity (Wildman–Crippen MR) is 67.8 cm³/mol. The van der Waals surface area contributed by atoms with Crippen LogP contribution in [0.5, 0.6) is 5.75 Å². The van der Waals surface area contributed by atoms with Gasteiger partial charge in [-0.05, 0) is 18.6 Å². The molecule has 2 nitrogen and oxygen atoms in total. The molecule has 0 unspecified atom stereocenters. The standard InChI is InChI=1S/C15H15FO2/c1-11-3-2-4-12(7-11)10-18-14-6-5-13(9-17)15(16)8-14/h2-8,17H,9-10H2,1H3. The molecule has 1 N–H and O–H groups in total. The molecule has 94 valence electrons. The van der Waals surface area contributed by atoms with E-state index >= 15 is 0 Å². The lowest BCUT2D eigenvalue weighted by Gasteiger charge is -2.08. The normalized spacial score (nSPS) is 10.4. The predicted octanol–water partition coefficient (Wildman–Crippen LogP) is 3.21. The molecule has 2 aromatic carbocycles. The fraction of sp³-hybridized carbons (Fsp3) is 0.200. The Morgan fingerprint density at radius 3 is 2.67 bits per heavy atom. The van der Waals surface area contributed by atoms with Crippen molar-refractivity contribution in [2.45, 2.75) is 20.1 Å². The van der Waals surface area contributed by atoms with Crippen LogP contribution in [0.2, 0.25) is 0 Å². The van der Waals surface area contributed by atoms with E-state index in [2.05, 4.69) is 0 Å². The molecule has 0 radical (unpaired) electrons. The lowest BCUT2D eigenvalue weighted by molar-refractivity contribution is 0.273. The highest BCUT2D eigenvalue weighted by Crippen LogP contribution is 2.18. The number of hydrogen-bond acceptors (Lipinski definition) is 2. The lowest BCUT2D eigenvalue weighted by Crippen LogP contribution is -1.97. The molecule has 2 rings (SSSR count). The Balaban J connectivity index is 2.04. The van der Waals surface area contributed by atoms with Gasteiger partial charge in [0.15, 0.2) is 0 Å². The van der Waals surface area contributed by atoms with Crippen molar-refractivity contribution >= 4 is 0 Å². The Labute approximate surface area is 106 Å². The van der Waals surface area contributed by atoms with Crippen molar-refractivity contribution in [3.63, 3.8) is 0 Å². The van der Waals surface area contributed by atoms with Crippen molar-refractivity contribution in [2.24, 2.45) is 0 Å². The van der Waals surface area contributed by atoms with Crippen LogP contribution in [-0.4, -0.2) is 5.11 Å². The van der Waals surface area contributed by atoms with Crippen LogP contribution >= 0.6 is 0 Å². The van der Waals surface area contributed by atoms with Crippen LogP contribution in [0.4, 0.5) is 4.39 Å². The highest BCUT2D eigenvalue weighted by Gasteiger charge is 2.03. The summed E-state index contributed by atoms with van der Waals surface area (Å²) in [4.78, 5) is 0. The van der Waals surface area contributed by atoms with Gasteiger partial charge in [0.25, 0.3) is 0 Å². The minimum Gasteiger partial charge on any atom is -0.489 e. The van der Waals surface area contributed by atoms with E-state index in [0.29, 0.717) is 12.4 Å². The van der Waals surface area contributed by atoms with Crippen LogP contribution in [0.25, 0.3) is 0 Å². The van der Waals surface area contributed by atoms with Crippen molar-refractivity contribution in [3.8, 4) is 5.75 Å². The summed E-state index contributed by atoms with van der Waals surface area (Å²) in [6, 6.07) is 12.4. The van der Waals surface area contributed by atoms with Gasteiger partial charge in [-0.2, -0.15) is 0 Å². The highest BCUT2D eigenvalue weighted by atomic mass is 19.1. The molecule has 0 amide bonds. The van der Waals surface area contributed by atoms with E-state index in [1.165, 1.54) is 12.1 Å². The van der Waals surface area contributed by atoms with Crippen molar-refractivity contribution in [1.29, 1.82) is 0 Å².